The normalized spacial score (nSPS) is 19.3. The van der Waals surface area contributed by atoms with Crippen LogP contribution in [0.25, 0.3) is 32.9 Å². The third-order valence-electron chi connectivity index (χ3n) is 9.98. The SMILES string of the molecule is C=C1CCC(N2Cc3cc(OCC#Cc4ccc(OC5CC(Oc6ccc(-c7ccc8c(c7)[nH]c7ccncc78)cn6)C5)cn4)ccc3C2=O)C(=O)N1. The van der Waals surface area contributed by atoms with E-state index in [1.54, 1.807) is 29.4 Å². The second kappa shape index (κ2) is 13.5. The van der Waals surface area contributed by atoms with Crippen molar-refractivity contribution in [2.75, 3.05) is 6.61 Å². The van der Waals surface area contributed by atoms with Crippen LogP contribution >= 0.6 is 0 Å². The molecular weight excluding hydrogens is 668 g/mol. The molecule has 2 aromatic carbocycles. The number of fused-ring (bicyclic) bond motifs is 4. The lowest BCUT2D eigenvalue weighted by atomic mass is 9.92. The third-order valence-corrected chi connectivity index (χ3v) is 9.98. The van der Waals surface area contributed by atoms with Gasteiger partial charge in [0.1, 0.15) is 42.0 Å². The first kappa shape index (κ1) is 32.3. The molecule has 1 aliphatic carbocycles. The smallest absolute Gasteiger partial charge is 0.255 e. The quantitative estimate of drug-likeness (QED) is 0.176. The average molecular weight is 703 g/mol. The largest absolute Gasteiger partial charge is 0.489 e. The lowest BCUT2D eigenvalue weighted by Gasteiger charge is -2.34. The maximum Gasteiger partial charge on any atom is 0.255 e. The summed E-state index contributed by atoms with van der Waals surface area (Å²) in [5.41, 5.74) is 6.95. The second-order valence-electron chi connectivity index (χ2n) is 13.5. The molecule has 262 valence electrons. The van der Waals surface area contributed by atoms with Crippen LogP contribution in [0.1, 0.15) is 47.3 Å². The van der Waals surface area contributed by atoms with Gasteiger partial charge in [0, 0.05) is 82.7 Å². The van der Waals surface area contributed by atoms with Gasteiger partial charge in [-0.3, -0.25) is 14.6 Å². The van der Waals surface area contributed by atoms with Gasteiger partial charge in [-0.15, -0.1) is 0 Å². The topological polar surface area (TPSA) is 132 Å². The first-order chi connectivity index (χ1) is 25.9. The second-order valence-corrected chi connectivity index (χ2v) is 13.5. The van der Waals surface area contributed by atoms with Gasteiger partial charge in [0.15, 0.2) is 0 Å². The van der Waals surface area contributed by atoms with Gasteiger partial charge in [0.05, 0.1) is 6.20 Å². The molecule has 1 unspecified atom stereocenters. The highest BCUT2D eigenvalue weighted by Gasteiger charge is 2.38. The van der Waals surface area contributed by atoms with E-state index in [9.17, 15) is 9.59 Å². The standard InChI is InChI=1S/C42H34N6O5/c1-25-4-12-39(41(49)46-25)48-24-28-17-30(9-11-34(28)42(48)50)51-16-2-3-29-7-8-31(22-44-29)52-32-19-33(20-32)53-40-13-6-27(21-45-40)26-5-10-35-36-23-43-15-14-37(36)47-38(35)18-26/h5-11,13-15,17-18,21-23,32-33,39,47H,1,4,12,16,19-20,24H2,(H,46,49). The number of piperidine rings is 1. The van der Waals surface area contributed by atoms with Gasteiger partial charge in [-0.1, -0.05) is 24.6 Å². The highest BCUT2D eigenvalue weighted by molar-refractivity contribution is 6.07. The molecule has 3 aliphatic rings. The summed E-state index contributed by atoms with van der Waals surface area (Å²) in [5.74, 6) is 7.57. The predicted octanol–water partition coefficient (Wildman–Crippen LogP) is 6.34. The molecule has 11 nitrogen and oxygen atoms in total. The molecule has 0 bridgehead atoms. The Hall–Kier alpha value is -6.67. The zero-order valence-corrected chi connectivity index (χ0v) is 28.7. The molecule has 4 aromatic heterocycles. The maximum atomic E-state index is 13.0. The Bertz CT molecular complexity index is 2460. The van der Waals surface area contributed by atoms with Crippen molar-refractivity contribution < 1.29 is 23.8 Å². The Morgan fingerprint density at radius 2 is 1.72 bits per heavy atom. The minimum absolute atomic E-state index is 0.0390. The van der Waals surface area contributed by atoms with Gasteiger partial charge in [-0.25, -0.2) is 9.97 Å². The molecule has 1 saturated carbocycles. The van der Waals surface area contributed by atoms with E-state index in [0.29, 0.717) is 53.7 Å². The van der Waals surface area contributed by atoms with Crippen molar-refractivity contribution in [3.63, 3.8) is 0 Å². The Balaban J connectivity index is 0.724. The van der Waals surface area contributed by atoms with Gasteiger partial charge < -0.3 is 29.4 Å². The lowest BCUT2D eigenvalue weighted by molar-refractivity contribution is -0.126. The molecule has 0 radical (unpaired) electrons. The number of nitrogens with one attached hydrogen (secondary N) is 2. The van der Waals surface area contributed by atoms with Crippen LogP contribution in [0.5, 0.6) is 17.4 Å². The lowest BCUT2D eigenvalue weighted by Crippen LogP contribution is -2.49. The Morgan fingerprint density at radius 1 is 0.849 bits per heavy atom. The minimum Gasteiger partial charge on any atom is -0.489 e. The highest BCUT2D eigenvalue weighted by Crippen LogP contribution is 2.33. The number of carbonyl (C=O) groups excluding carboxylic acids is 2. The highest BCUT2D eigenvalue weighted by atomic mass is 16.5. The van der Waals surface area contributed by atoms with Crippen molar-refractivity contribution >= 4 is 33.6 Å². The minimum atomic E-state index is -0.495. The first-order valence-electron chi connectivity index (χ1n) is 17.6. The van der Waals surface area contributed by atoms with Crippen LogP contribution in [0.2, 0.25) is 0 Å². The molecule has 1 saturated heterocycles. The van der Waals surface area contributed by atoms with Crippen LogP contribution < -0.4 is 19.5 Å². The van der Waals surface area contributed by atoms with Crippen molar-refractivity contribution in [3.05, 3.63) is 121 Å². The zero-order chi connectivity index (χ0) is 35.9. The summed E-state index contributed by atoms with van der Waals surface area (Å²) in [6.45, 7) is 4.34. The third kappa shape index (κ3) is 6.51. The molecule has 2 aliphatic heterocycles. The molecule has 11 heteroatoms. The number of aromatic amines is 1. The summed E-state index contributed by atoms with van der Waals surface area (Å²) in [5, 5.41) is 5.02. The fourth-order valence-corrected chi connectivity index (χ4v) is 7.11. The molecule has 1 atom stereocenters. The summed E-state index contributed by atoms with van der Waals surface area (Å²) in [6.07, 6.45) is 10.0. The number of allylic oxidation sites excluding steroid dienone is 1. The monoisotopic (exact) mass is 702 g/mol. The van der Waals surface area contributed by atoms with E-state index < -0.39 is 6.04 Å². The molecule has 9 rings (SSSR count). The molecule has 2 N–H and O–H groups in total. The van der Waals surface area contributed by atoms with Crippen molar-refractivity contribution in [2.24, 2.45) is 0 Å². The Labute approximate surface area is 305 Å². The van der Waals surface area contributed by atoms with E-state index in [-0.39, 0.29) is 30.6 Å². The van der Waals surface area contributed by atoms with Crippen LogP contribution in [0, 0.1) is 11.8 Å². The molecular formula is C42H34N6O5. The zero-order valence-electron chi connectivity index (χ0n) is 28.7. The number of benzene rings is 2. The summed E-state index contributed by atoms with van der Waals surface area (Å²) in [4.78, 5) is 43.7. The van der Waals surface area contributed by atoms with Crippen LogP contribution in [-0.2, 0) is 11.3 Å². The number of hydrogen-bond acceptors (Lipinski definition) is 8. The number of H-pyrrole nitrogens is 1. The number of aromatic nitrogens is 4. The van der Waals surface area contributed by atoms with Crippen LogP contribution in [0.15, 0.2) is 104 Å². The van der Waals surface area contributed by atoms with Crippen LogP contribution in [-0.4, -0.2) is 61.5 Å². The summed E-state index contributed by atoms with van der Waals surface area (Å²) in [7, 11) is 0. The van der Waals surface area contributed by atoms with E-state index in [0.717, 1.165) is 51.3 Å². The van der Waals surface area contributed by atoms with Crippen LogP contribution in [0.3, 0.4) is 0 Å². The van der Waals surface area contributed by atoms with E-state index in [4.69, 9.17) is 14.2 Å². The van der Waals surface area contributed by atoms with E-state index >= 15 is 0 Å². The molecule has 6 aromatic rings. The number of pyridine rings is 3. The Kier molecular flexibility index (Phi) is 8.20. The predicted molar refractivity (Wildman–Crippen MR) is 198 cm³/mol. The fraction of sp³-hybridized carbons (Fsp3) is 0.214. The van der Waals surface area contributed by atoms with Gasteiger partial charge in [0.2, 0.25) is 11.8 Å². The molecule has 2 fully saturated rings. The van der Waals surface area contributed by atoms with Crippen LogP contribution in [0.4, 0.5) is 0 Å². The summed E-state index contributed by atoms with van der Waals surface area (Å²) < 4.78 is 18.0. The number of nitrogens with zero attached hydrogens (tertiary/aromatic N) is 4. The van der Waals surface area contributed by atoms with Gasteiger partial charge >= 0.3 is 0 Å². The summed E-state index contributed by atoms with van der Waals surface area (Å²) >= 11 is 0. The van der Waals surface area contributed by atoms with E-state index in [1.165, 1.54) is 0 Å². The van der Waals surface area contributed by atoms with Gasteiger partial charge in [-0.05, 0) is 78.4 Å². The molecule has 0 spiro atoms. The number of ether oxygens (including phenoxy) is 3. The van der Waals surface area contributed by atoms with E-state index in [1.807, 2.05) is 48.8 Å². The number of hydrogen-bond donors (Lipinski definition) is 2. The first-order valence-corrected chi connectivity index (χ1v) is 17.6. The number of amides is 2. The molecule has 53 heavy (non-hydrogen) atoms. The van der Waals surface area contributed by atoms with Crippen molar-refractivity contribution in [3.8, 4) is 40.3 Å². The fourth-order valence-electron chi connectivity index (χ4n) is 7.11. The van der Waals surface area contributed by atoms with Crippen molar-refractivity contribution in [1.82, 2.24) is 30.2 Å². The van der Waals surface area contributed by atoms with E-state index in [2.05, 4.69) is 61.9 Å². The van der Waals surface area contributed by atoms with Gasteiger partial charge in [-0.2, -0.15) is 0 Å². The summed E-state index contributed by atoms with van der Waals surface area (Å²) in [6, 6.07) is 20.8. The van der Waals surface area contributed by atoms with Crippen molar-refractivity contribution in [1.29, 1.82) is 0 Å². The number of rotatable bonds is 8. The average Bonchev–Trinajstić information content (AvgIpc) is 3.69. The number of carbonyl (C=O) groups is 2. The van der Waals surface area contributed by atoms with Crippen molar-refractivity contribution in [2.45, 2.75) is 50.5 Å². The Morgan fingerprint density at radius 3 is 2.55 bits per heavy atom. The molecule has 2 amide bonds. The van der Waals surface area contributed by atoms with Gasteiger partial charge in [0.25, 0.3) is 5.91 Å². The molecule has 6 heterocycles. The maximum absolute atomic E-state index is 13.0.